The smallest absolute Gasteiger partial charge is 0.327 e. The number of ether oxygens (including phenoxy) is 1. The van der Waals surface area contributed by atoms with Crippen molar-refractivity contribution in [2.45, 2.75) is 0 Å². The maximum Gasteiger partial charge on any atom is 0.327 e. The molecular formula is C10H20O7. The Bertz CT molecular complexity index is 179. The largest absolute Gasteiger partial charge is 0.478 e. The second-order valence-corrected chi connectivity index (χ2v) is 3.29. The minimum Gasteiger partial charge on any atom is -0.478 e. The van der Waals surface area contributed by atoms with E-state index in [1.165, 1.54) is 0 Å². The lowest BCUT2D eigenvalue weighted by atomic mass is 9.93. The van der Waals surface area contributed by atoms with Crippen LogP contribution in [0.15, 0.2) is 12.7 Å². The number of rotatable bonds is 5. The second-order valence-electron chi connectivity index (χ2n) is 3.29. The standard InChI is InChI=1S/C5H12O4.C3H4O2.C2H4O/c6-1-5(2-7,3-8)4-9;1-2-3(4)5;1-2-3-1/h6-9H,1-4H2;2H,1H2,(H,4,5);1-2H2. The summed E-state index contributed by atoms with van der Waals surface area (Å²) in [4.78, 5) is 9.25. The van der Waals surface area contributed by atoms with E-state index in [0.29, 0.717) is 0 Å². The summed E-state index contributed by atoms with van der Waals surface area (Å²) in [5.74, 6) is -0.981. The lowest BCUT2D eigenvalue weighted by Gasteiger charge is -2.23. The molecule has 0 aromatic rings. The van der Waals surface area contributed by atoms with Gasteiger partial charge in [-0.25, -0.2) is 4.79 Å². The molecule has 0 unspecified atom stereocenters. The van der Waals surface area contributed by atoms with Crippen molar-refractivity contribution in [3.8, 4) is 0 Å². The predicted molar refractivity (Wildman–Crippen MR) is 59.4 cm³/mol. The number of carboxylic acid groups (broad SMARTS) is 1. The summed E-state index contributed by atoms with van der Waals surface area (Å²) in [5.41, 5.74) is -1.11. The monoisotopic (exact) mass is 252 g/mol. The third kappa shape index (κ3) is 12.9. The average Bonchev–Trinajstić information content (AvgIpc) is 3.21. The third-order valence-electron chi connectivity index (χ3n) is 1.72. The van der Waals surface area contributed by atoms with Gasteiger partial charge >= 0.3 is 5.97 Å². The van der Waals surface area contributed by atoms with Gasteiger partial charge in [0, 0.05) is 6.08 Å². The molecule has 0 bridgehead atoms. The maximum absolute atomic E-state index is 9.25. The predicted octanol–water partition coefficient (Wildman–Crippen LogP) is -1.78. The first-order chi connectivity index (χ1) is 8.01. The van der Waals surface area contributed by atoms with Crippen LogP contribution in [0.4, 0.5) is 0 Å². The molecule has 0 saturated carbocycles. The topological polar surface area (TPSA) is 131 Å². The van der Waals surface area contributed by atoms with Crippen LogP contribution >= 0.6 is 0 Å². The van der Waals surface area contributed by atoms with E-state index in [4.69, 9.17) is 25.5 Å². The Morgan fingerprint density at radius 3 is 1.35 bits per heavy atom. The van der Waals surface area contributed by atoms with Crippen LogP contribution in [-0.4, -0.2) is 71.1 Å². The van der Waals surface area contributed by atoms with Crippen molar-refractivity contribution >= 4 is 5.97 Å². The Kier molecular flexibility index (Phi) is 12.4. The highest BCUT2D eigenvalue weighted by Crippen LogP contribution is 2.11. The Morgan fingerprint density at radius 1 is 1.12 bits per heavy atom. The van der Waals surface area contributed by atoms with Crippen molar-refractivity contribution in [2.75, 3.05) is 39.6 Å². The molecule has 0 radical (unpaired) electrons. The van der Waals surface area contributed by atoms with Crippen LogP contribution in [0.3, 0.4) is 0 Å². The van der Waals surface area contributed by atoms with Gasteiger partial charge in [-0.05, 0) is 0 Å². The van der Waals surface area contributed by atoms with Gasteiger partial charge in [-0.2, -0.15) is 0 Å². The molecule has 1 heterocycles. The summed E-state index contributed by atoms with van der Waals surface area (Å²) in [7, 11) is 0. The van der Waals surface area contributed by atoms with Gasteiger partial charge in [-0.1, -0.05) is 6.58 Å². The molecule has 1 saturated heterocycles. The fourth-order valence-electron chi connectivity index (χ4n) is 0.300. The number of aliphatic hydroxyl groups is 4. The number of carboxylic acids is 1. The number of aliphatic hydroxyl groups excluding tert-OH is 4. The fourth-order valence-corrected chi connectivity index (χ4v) is 0.300. The van der Waals surface area contributed by atoms with Crippen molar-refractivity contribution in [2.24, 2.45) is 5.41 Å². The number of aliphatic carboxylic acids is 1. The summed E-state index contributed by atoms with van der Waals surface area (Å²) in [6, 6.07) is 0. The van der Waals surface area contributed by atoms with Crippen molar-refractivity contribution < 1.29 is 35.1 Å². The van der Waals surface area contributed by atoms with E-state index in [1.54, 1.807) is 0 Å². The van der Waals surface area contributed by atoms with E-state index in [0.717, 1.165) is 19.3 Å². The Hall–Kier alpha value is -0.990. The van der Waals surface area contributed by atoms with E-state index in [1.807, 2.05) is 0 Å². The molecule has 0 aromatic carbocycles. The number of epoxide rings is 1. The van der Waals surface area contributed by atoms with Crippen molar-refractivity contribution in [3.05, 3.63) is 12.7 Å². The summed E-state index contributed by atoms with van der Waals surface area (Å²) in [6.07, 6.45) is 0.833. The summed E-state index contributed by atoms with van der Waals surface area (Å²) >= 11 is 0. The summed E-state index contributed by atoms with van der Waals surface area (Å²) in [5, 5.41) is 41.6. The molecule has 102 valence electrons. The molecule has 1 aliphatic rings. The van der Waals surface area contributed by atoms with Crippen LogP contribution in [0.1, 0.15) is 0 Å². The van der Waals surface area contributed by atoms with Gasteiger partial charge in [0.25, 0.3) is 0 Å². The van der Waals surface area contributed by atoms with Gasteiger partial charge in [0.1, 0.15) is 0 Å². The van der Waals surface area contributed by atoms with E-state index >= 15 is 0 Å². The Balaban J connectivity index is 0. The highest BCUT2D eigenvalue weighted by Gasteiger charge is 2.26. The molecule has 5 N–H and O–H groups in total. The molecule has 7 heteroatoms. The summed E-state index contributed by atoms with van der Waals surface area (Å²) in [6.45, 7) is 3.34. The van der Waals surface area contributed by atoms with Crippen molar-refractivity contribution in [1.82, 2.24) is 0 Å². The average molecular weight is 252 g/mol. The minimum absolute atomic E-state index is 0.406. The zero-order valence-electron chi connectivity index (χ0n) is 9.58. The van der Waals surface area contributed by atoms with Crippen LogP contribution in [0.25, 0.3) is 0 Å². The first-order valence-electron chi connectivity index (χ1n) is 4.88. The van der Waals surface area contributed by atoms with E-state index in [9.17, 15) is 4.79 Å². The van der Waals surface area contributed by atoms with Crippen LogP contribution in [0.5, 0.6) is 0 Å². The molecule has 0 aromatic heterocycles. The third-order valence-corrected chi connectivity index (χ3v) is 1.72. The molecule has 17 heavy (non-hydrogen) atoms. The lowest BCUT2D eigenvalue weighted by Crippen LogP contribution is -2.37. The van der Waals surface area contributed by atoms with Gasteiger partial charge in [-0.3, -0.25) is 0 Å². The normalized spacial score (nSPS) is 12.5. The molecule has 1 rings (SSSR count). The number of hydrogen-bond acceptors (Lipinski definition) is 6. The number of hydrogen-bond donors (Lipinski definition) is 5. The van der Waals surface area contributed by atoms with Crippen molar-refractivity contribution in [3.63, 3.8) is 0 Å². The highest BCUT2D eigenvalue weighted by atomic mass is 16.6. The molecular weight excluding hydrogens is 232 g/mol. The highest BCUT2D eigenvalue weighted by molar-refractivity contribution is 5.78. The van der Waals surface area contributed by atoms with Gasteiger partial charge in [0.05, 0.1) is 45.1 Å². The molecule has 0 atom stereocenters. The summed E-state index contributed by atoms with van der Waals surface area (Å²) < 4.78 is 4.50. The number of carbonyl (C=O) groups is 1. The van der Waals surface area contributed by atoms with Gasteiger partial charge < -0.3 is 30.3 Å². The van der Waals surface area contributed by atoms with E-state index in [2.05, 4.69) is 11.3 Å². The van der Waals surface area contributed by atoms with E-state index < -0.39 is 37.8 Å². The Morgan fingerprint density at radius 2 is 1.35 bits per heavy atom. The molecule has 0 aliphatic carbocycles. The minimum atomic E-state index is -1.11. The second kappa shape index (κ2) is 11.5. The van der Waals surface area contributed by atoms with Crippen molar-refractivity contribution in [1.29, 1.82) is 0 Å². The Labute approximate surface area is 99.6 Å². The van der Waals surface area contributed by atoms with Crippen LogP contribution in [0, 0.1) is 5.41 Å². The van der Waals surface area contributed by atoms with Gasteiger partial charge in [0.15, 0.2) is 0 Å². The van der Waals surface area contributed by atoms with Gasteiger partial charge in [0.2, 0.25) is 0 Å². The zero-order valence-corrected chi connectivity index (χ0v) is 9.58. The molecule has 1 fully saturated rings. The first-order valence-corrected chi connectivity index (χ1v) is 4.88. The molecule has 0 amide bonds. The van der Waals surface area contributed by atoms with Crippen LogP contribution in [0.2, 0.25) is 0 Å². The van der Waals surface area contributed by atoms with Crippen LogP contribution < -0.4 is 0 Å². The quantitative estimate of drug-likeness (QED) is 0.288. The first kappa shape index (κ1) is 18.4. The maximum atomic E-state index is 9.25. The molecule has 1 aliphatic heterocycles. The lowest BCUT2D eigenvalue weighted by molar-refractivity contribution is -0.131. The molecule has 0 spiro atoms. The SMILES string of the molecule is C1CO1.C=CC(=O)O.OCC(CO)(CO)CO. The fraction of sp³-hybridized carbons (Fsp3) is 0.700. The zero-order chi connectivity index (χ0) is 13.7. The van der Waals surface area contributed by atoms with Gasteiger partial charge in [-0.15, -0.1) is 0 Å². The van der Waals surface area contributed by atoms with Crippen LogP contribution in [-0.2, 0) is 9.53 Å². The molecule has 7 nitrogen and oxygen atoms in total. The van der Waals surface area contributed by atoms with E-state index in [-0.39, 0.29) is 0 Å².